The van der Waals surface area contributed by atoms with Crippen LogP contribution in [0.15, 0.2) is 70.9 Å². The Morgan fingerprint density at radius 2 is 1.00 bits per heavy atom. The first-order chi connectivity index (χ1) is 10.6. The second-order valence-electron chi connectivity index (χ2n) is 6.46. The third-order valence-corrected chi connectivity index (χ3v) is 5.82. The number of carbonyl (C=O) groups is 1. The SMILES string of the molecule is C1=CC2=CC=C1C21CCCCC12C1=CC=C2C=C1.O=C(O)O. The minimum atomic E-state index is -1.83. The van der Waals surface area contributed by atoms with Crippen LogP contribution in [0.4, 0.5) is 4.79 Å². The Hall–Kier alpha value is -2.29. The molecule has 0 aliphatic heterocycles. The number of allylic oxidation sites excluding steroid dienone is 12. The van der Waals surface area contributed by atoms with Gasteiger partial charge in [0.15, 0.2) is 0 Å². The minimum Gasteiger partial charge on any atom is -0.450 e. The van der Waals surface area contributed by atoms with E-state index in [0.717, 1.165) is 0 Å². The van der Waals surface area contributed by atoms with Crippen LogP contribution in [-0.4, -0.2) is 16.4 Å². The van der Waals surface area contributed by atoms with E-state index in [1.54, 1.807) is 22.3 Å². The van der Waals surface area contributed by atoms with Crippen molar-refractivity contribution in [1.29, 1.82) is 0 Å². The van der Waals surface area contributed by atoms with E-state index in [9.17, 15) is 0 Å². The molecule has 2 N–H and O–H groups in total. The van der Waals surface area contributed by atoms with Gasteiger partial charge in [0.1, 0.15) is 0 Å². The van der Waals surface area contributed by atoms with Crippen LogP contribution >= 0.6 is 0 Å². The summed E-state index contributed by atoms with van der Waals surface area (Å²) in [7, 11) is 0. The Morgan fingerprint density at radius 3 is 1.23 bits per heavy atom. The van der Waals surface area contributed by atoms with Gasteiger partial charge in [-0.05, 0) is 35.1 Å². The molecule has 0 amide bonds. The van der Waals surface area contributed by atoms with E-state index in [2.05, 4.69) is 48.6 Å². The summed E-state index contributed by atoms with van der Waals surface area (Å²) in [5, 5.41) is 13.9. The Kier molecular flexibility index (Phi) is 2.65. The Morgan fingerprint density at radius 1 is 0.727 bits per heavy atom. The molecule has 112 valence electrons. The Balaban J connectivity index is 0.000000283. The van der Waals surface area contributed by atoms with Crippen molar-refractivity contribution in [2.24, 2.45) is 10.8 Å². The highest BCUT2D eigenvalue weighted by Gasteiger charge is 2.62. The van der Waals surface area contributed by atoms with Gasteiger partial charge in [0.25, 0.3) is 0 Å². The predicted octanol–water partition coefficient (Wildman–Crippen LogP) is 4.63. The lowest BCUT2D eigenvalue weighted by Crippen LogP contribution is -2.44. The molecule has 0 heterocycles. The molecule has 22 heavy (non-hydrogen) atoms. The van der Waals surface area contributed by atoms with E-state index in [4.69, 9.17) is 15.0 Å². The predicted molar refractivity (Wildman–Crippen MR) is 84.6 cm³/mol. The standard InChI is InChI=1S/C18H16.CH2O3/c1-2-12-18(15-7-8-16(18)10-9-15)17(11-1)13-3-4-14(17)6-5-13;2-1(3)4/h3-10H,1-2,11-12H2;(H2,2,3,4). The number of hydrogen-bond donors (Lipinski definition) is 2. The zero-order chi connectivity index (χ0) is 15.4. The molecular formula is C19H18O3. The van der Waals surface area contributed by atoms with Crippen molar-refractivity contribution in [3.05, 3.63) is 70.9 Å². The van der Waals surface area contributed by atoms with Gasteiger partial charge in [-0.1, -0.05) is 61.4 Å². The molecule has 5 aliphatic rings. The fraction of sp³-hybridized carbons (Fsp3) is 0.316. The highest BCUT2D eigenvalue weighted by atomic mass is 16.6. The molecule has 1 fully saturated rings. The van der Waals surface area contributed by atoms with E-state index in [0.29, 0.717) is 10.8 Å². The average Bonchev–Trinajstić information content (AvgIpc) is 3.22. The Labute approximate surface area is 129 Å². The first-order valence-corrected chi connectivity index (χ1v) is 7.75. The van der Waals surface area contributed by atoms with Crippen LogP contribution in [0.5, 0.6) is 0 Å². The minimum absolute atomic E-state index is 0.295. The molecule has 4 bridgehead atoms. The van der Waals surface area contributed by atoms with Crippen LogP contribution in [0, 0.1) is 10.8 Å². The first kappa shape index (κ1) is 13.4. The fourth-order valence-corrected chi connectivity index (χ4v) is 5.18. The van der Waals surface area contributed by atoms with Gasteiger partial charge in [-0.2, -0.15) is 0 Å². The number of rotatable bonds is 0. The van der Waals surface area contributed by atoms with E-state index >= 15 is 0 Å². The summed E-state index contributed by atoms with van der Waals surface area (Å²) in [6.45, 7) is 0. The molecule has 3 nitrogen and oxygen atoms in total. The molecular weight excluding hydrogens is 276 g/mol. The molecule has 0 radical (unpaired) electrons. The van der Waals surface area contributed by atoms with Gasteiger partial charge >= 0.3 is 6.16 Å². The van der Waals surface area contributed by atoms with Crippen molar-refractivity contribution in [1.82, 2.24) is 0 Å². The molecule has 0 aromatic carbocycles. The van der Waals surface area contributed by atoms with Crippen molar-refractivity contribution >= 4 is 6.16 Å². The van der Waals surface area contributed by atoms with Crippen LogP contribution in [0.1, 0.15) is 25.7 Å². The summed E-state index contributed by atoms with van der Waals surface area (Å²) in [5.41, 5.74) is 6.87. The first-order valence-electron chi connectivity index (χ1n) is 7.75. The fourth-order valence-electron chi connectivity index (χ4n) is 5.18. The third-order valence-electron chi connectivity index (χ3n) is 5.82. The Bertz CT molecular complexity index is 635. The summed E-state index contributed by atoms with van der Waals surface area (Å²) in [6.07, 6.45) is 22.5. The molecule has 0 aromatic rings. The molecule has 1 saturated carbocycles. The molecule has 0 unspecified atom stereocenters. The van der Waals surface area contributed by atoms with E-state index in [1.807, 2.05) is 0 Å². The van der Waals surface area contributed by atoms with Gasteiger partial charge in [-0.15, -0.1) is 0 Å². The second kappa shape index (κ2) is 4.35. The number of hydrogen-bond acceptors (Lipinski definition) is 1. The largest absolute Gasteiger partial charge is 0.503 e. The van der Waals surface area contributed by atoms with Crippen molar-refractivity contribution in [2.45, 2.75) is 25.7 Å². The lowest BCUT2D eigenvalue weighted by atomic mass is 9.50. The van der Waals surface area contributed by atoms with Gasteiger partial charge in [0.05, 0.1) is 0 Å². The zero-order valence-corrected chi connectivity index (χ0v) is 12.2. The molecule has 5 rings (SSSR count). The summed E-state index contributed by atoms with van der Waals surface area (Å²) >= 11 is 0. The van der Waals surface area contributed by atoms with Crippen molar-refractivity contribution < 1.29 is 15.0 Å². The van der Waals surface area contributed by atoms with Gasteiger partial charge in [0, 0.05) is 10.8 Å². The van der Waals surface area contributed by atoms with E-state index < -0.39 is 6.16 Å². The third kappa shape index (κ3) is 1.39. The van der Waals surface area contributed by atoms with Crippen molar-refractivity contribution in [3.8, 4) is 0 Å². The van der Waals surface area contributed by atoms with E-state index in [1.165, 1.54) is 25.7 Å². The second-order valence-corrected chi connectivity index (χ2v) is 6.46. The highest BCUT2D eigenvalue weighted by molar-refractivity contribution is 5.70. The quantitative estimate of drug-likeness (QED) is 0.685. The van der Waals surface area contributed by atoms with Gasteiger partial charge in [0.2, 0.25) is 0 Å². The average molecular weight is 294 g/mol. The summed E-state index contributed by atoms with van der Waals surface area (Å²) in [6, 6.07) is 0. The summed E-state index contributed by atoms with van der Waals surface area (Å²) < 4.78 is 0. The topological polar surface area (TPSA) is 57.5 Å². The molecule has 2 spiro atoms. The molecule has 3 heteroatoms. The monoisotopic (exact) mass is 294 g/mol. The maximum atomic E-state index is 8.56. The van der Waals surface area contributed by atoms with Gasteiger partial charge < -0.3 is 10.2 Å². The van der Waals surface area contributed by atoms with Crippen LogP contribution in [0.25, 0.3) is 0 Å². The number of carboxylic acid groups (broad SMARTS) is 2. The van der Waals surface area contributed by atoms with Crippen LogP contribution < -0.4 is 0 Å². The van der Waals surface area contributed by atoms with Crippen molar-refractivity contribution in [3.63, 3.8) is 0 Å². The maximum absolute atomic E-state index is 8.56. The lowest BCUT2D eigenvalue weighted by Gasteiger charge is -2.51. The van der Waals surface area contributed by atoms with Gasteiger partial charge in [-0.3, -0.25) is 0 Å². The van der Waals surface area contributed by atoms with Crippen LogP contribution in [0.3, 0.4) is 0 Å². The normalized spacial score (nSPS) is 26.5. The highest BCUT2D eigenvalue weighted by Crippen LogP contribution is 2.72. The molecule has 0 aromatic heterocycles. The molecule has 5 aliphatic carbocycles. The van der Waals surface area contributed by atoms with E-state index in [-0.39, 0.29) is 0 Å². The summed E-state index contributed by atoms with van der Waals surface area (Å²) in [4.78, 5) is 8.56. The smallest absolute Gasteiger partial charge is 0.450 e. The van der Waals surface area contributed by atoms with Crippen LogP contribution in [-0.2, 0) is 0 Å². The molecule has 0 saturated heterocycles. The summed E-state index contributed by atoms with van der Waals surface area (Å²) in [5.74, 6) is 0. The zero-order valence-electron chi connectivity index (χ0n) is 12.2. The van der Waals surface area contributed by atoms with Crippen molar-refractivity contribution in [2.75, 3.05) is 0 Å². The molecule has 0 atom stereocenters. The van der Waals surface area contributed by atoms with Crippen LogP contribution in [0.2, 0.25) is 0 Å². The lowest BCUT2D eigenvalue weighted by molar-refractivity contribution is 0.137. The maximum Gasteiger partial charge on any atom is 0.503 e. The van der Waals surface area contributed by atoms with Gasteiger partial charge in [-0.25, -0.2) is 4.79 Å².